The largest absolute Gasteiger partial charge is 0.463 e. The van der Waals surface area contributed by atoms with E-state index in [9.17, 15) is 9.90 Å². The van der Waals surface area contributed by atoms with Gasteiger partial charge < -0.3 is 24.7 Å². The highest BCUT2D eigenvalue weighted by atomic mass is 35.5. The summed E-state index contributed by atoms with van der Waals surface area (Å²) >= 11 is 0. The standard InChI is InChI=1S/C19H22N4O4.ClH/c1-10(2)17-16-12(18(25)21-8-11-7-20-9-14(11)24)6-13(15-4-3-5-26-15)22-19(16)27-23-17;/h3-6,10-11,14,20,24H,7-9H2,1-2H3,(H,21,25);1H. The van der Waals surface area contributed by atoms with Crippen molar-refractivity contribution in [2.75, 3.05) is 19.6 Å². The van der Waals surface area contributed by atoms with E-state index in [-0.39, 0.29) is 30.2 Å². The highest BCUT2D eigenvalue weighted by Gasteiger charge is 2.27. The van der Waals surface area contributed by atoms with Crippen LogP contribution in [0, 0.1) is 5.92 Å². The van der Waals surface area contributed by atoms with Crippen LogP contribution >= 0.6 is 12.4 Å². The summed E-state index contributed by atoms with van der Waals surface area (Å²) in [5.41, 5.74) is 1.94. The van der Waals surface area contributed by atoms with Gasteiger partial charge in [-0.25, -0.2) is 4.98 Å². The number of β-amino-alcohol motifs (C(OH)–C–C–N with tert-alkyl or cyclic N) is 1. The lowest BCUT2D eigenvalue weighted by molar-refractivity contribution is 0.0928. The van der Waals surface area contributed by atoms with E-state index in [0.717, 1.165) is 0 Å². The number of nitrogens with one attached hydrogen (secondary N) is 2. The molecule has 9 heteroatoms. The number of carbonyl (C=O) groups is 1. The normalized spacial score (nSPS) is 19.1. The predicted octanol–water partition coefficient (Wildman–Crippen LogP) is 2.34. The Hall–Kier alpha value is -2.42. The Morgan fingerprint density at radius 3 is 2.89 bits per heavy atom. The van der Waals surface area contributed by atoms with Gasteiger partial charge in [-0.15, -0.1) is 12.4 Å². The average Bonchev–Trinajstić information content (AvgIpc) is 3.39. The maximum atomic E-state index is 13.0. The van der Waals surface area contributed by atoms with Gasteiger partial charge in [-0.05, 0) is 24.1 Å². The van der Waals surface area contributed by atoms with E-state index >= 15 is 0 Å². The van der Waals surface area contributed by atoms with Crippen molar-refractivity contribution in [3.8, 4) is 11.5 Å². The van der Waals surface area contributed by atoms with E-state index in [4.69, 9.17) is 8.94 Å². The summed E-state index contributed by atoms with van der Waals surface area (Å²) < 4.78 is 10.8. The first kappa shape index (κ1) is 20.3. The molecule has 0 aromatic carbocycles. The molecule has 150 valence electrons. The first-order valence-electron chi connectivity index (χ1n) is 9.05. The van der Waals surface area contributed by atoms with E-state index < -0.39 is 6.10 Å². The molecule has 0 radical (unpaired) electrons. The molecule has 1 aliphatic heterocycles. The van der Waals surface area contributed by atoms with E-state index in [1.54, 1.807) is 24.5 Å². The lowest BCUT2D eigenvalue weighted by atomic mass is 10.0. The Morgan fingerprint density at radius 2 is 2.25 bits per heavy atom. The molecule has 0 saturated carbocycles. The van der Waals surface area contributed by atoms with Crippen molar-refractivity contribution in [1.29, 1.82) is 0 Å². The SMILES string of the molecule is CC(C)c1noc2nc(-c3ccco3)cc(C(=O)NCC3CNCC3O)c12.Cl. The maximum Gasteiger partial charge on any atom is 0.259 e. The molecule has 28 heavy (non-hydrogen) atoms. The van der Waals surface area contributed by atoms with Crippen LogP contribution in [0.5, 0.6) is 0 Å². The van der Waals surface area contributed by atoms with Gasteiger partial charge in [0, 0.05) is 25.6 Å². The Balaban J connectivity index is 0.00000225. The van der Waals surface area contributed by atoms with Crippen LogP contribution in [0.25, 0.3) is 22.6 Å². The summed E-state index contributed by atoms with van der Waals surface area (Å²) in [5, 5.41) is 20.7. The Bertz CT molecular complexity index is 954. The molecule has 4 heterocycles. The van der Waals surface area contributed by atoms with Gasteiger partial charge in [0.1, 0.15) is 5.69 Å². The first-order valence-corrected chi connectivity index (χ1v) is 9.05. The second kappa shape index (κ2) is 8.30. The summed E-state index contributed by atoms with van der Waals surface area (Å²) in [4.78, 5) is 17.4. The molecule has 3 N–H and O–H groups in total. The number of halogens is 1. The van der Waals surface area contributed by atoms with Gasteiger partial charge in [0.05, 0.1) is 29.0 Å². The zero-order valence-corrected chi connectivity index (χ0v) is 16.5. The lowest BCUT2D eigenvalue weighted by Gasteiger charge is -2.15. The number of pyridine rings is 1. The van der Waals surface area contributed by atoms with Crippen LogP contribution in [0.4, 0.5) is 0 Å². The molecule has 3 aromatic rings. The van der Waals surface area contributed by atoms with Crippen molar-refractivity contribution in [2.45, 2.75) is 25.9 Å². The van der Waals surface area contributed by atoms with Crippen LogP contribution in [-0.4, -0.2) is 46.9 Å². The van der Waals surface area contributed by atoms with Crippen LogP contribution in [-0.2, 0) is 0 Å². The molecule has 0 aliphatic carbocycles. The van der Waals surface area contributed by atoms with Crippen LogP contribution in [0.2, 0.25) is 0 Å². The molecule has 0 spiro atoms. The van der Waals surface area contributed by atoms with E-state index in [0.29, 0.717) is 53.4 Å². The second-order valence-corrected chi connectivity index (χ2v) is 7.13. The molecule has 1 saturated heterocycles. The maximum absolute atomic E-state index is 13.0. The number of aliphatic hydroxyl groups is 1. The summed E-state index contributed by atoms with van der Waals surface area (Å²) in [6.07, 6.45) is 1.10. The number of fused-ring (bicyclic) bond motifs is 1. The Morgan fingerprint density at radius 1 is 1.43 bits per heavy atom. The summed E-state index contributed by atoms with van der Waals surface area (Å²) in [6, 6.07) is 5.23. The van der Waals surface area contributed by atoms with Gasteiger partial charge in [-0.1, -0.05) is 19.0 Å². The van der Waals surface area contributed by atoms with Crippen LogP contribution in [0.1, 0.15) is 35.8 Å². The molecule has 4 rings (SSSR count). The fourth-order valence-corrected chi connectivity index (χ4v) is 3.34. The molecule has 1 amide bonds. The number of hydrogen-bond acceptors (Lipinski definition) is 7. The molecular weight excluding hydrogens is 384 g/mol. The van der Waals surface area contributed by atoms with Gasteiger partial charge in [0.2, 0.25) is 0 Å². The van der Waals surface area contributed by atoms with Gasteiger partial charge >= 0.3 is 0 Å². The number of aromatic nitrogens is 2. The van der Waals surface area contributed by atoms with Crippen LogP contribution < -0.4 is 10.6 Å². The van der Waals surface area contributed by atoms with Crippen molar-refractivity contribution in [3.63, 3.8) is 0 Å². The van der Waals surface area contributed by atoms with Gasteiger partial charge in [-0.3, -0.25) is 4.79 Å². The number of carbonyl (C=O) groups excluding carboxylic acids is 1. The van der Waals surface area contributed by atoms with Gasteiger partial charge in [0.25, 0.3) is 11.6 Å². The van der Waals surface area contributed by atoms with Crippen molar-refractivity contribution in [1.82, 2.24) is 20.8 Å². The van der Waals surface area contributed by atoms with E-state index in [2.05, 4.69) is 20.8 Å². The molecule has 0 bridgehead atoms. The lowest BCUT2D eigenvalue weighted by Crippen LogP contribution is -2.34. The molecule has 3 aromatic heterocycles. The van der Waals surface area contributed by atoms with Gasteiger partial charge in [-0.2, -0.15) is 0 Å². The smallest absolute Gasteiger partial charge is 0.259 e. The topological polar surface area (TPSA) is 113 Å². The van der Waals surface area contributed by atoms with Gasteiger partial charge in [0.15, 0.2) is 5.76 Å². The second-order valence-electron chi connectivity index (χ2n) is 7.13. The highest BCUT2D eigenvalue weighted by molar-refractivity contribution is 6.07. The molecule has 1 fully saturated rings. The predicted molar refractivity (Wildman–Crippen MR) is 106 cm³/mol. The quantitative estimate of drug-likeness (QED) is 0.595. The first-order chi connectivity index (χ1) is 13.0. The monoisotopic (exact) mass is 406 g/mol. The van der Waals surface area contributed by atoms with Crippen molar-refractivity contribution in [3.05, 3.63) is 35.7 Å². The fraction of sp³-hybridized carbons (Fsp3) is 0.421. The zero-order valence-electron chi connectivity index (χ0n) is 15.6. The minimum Gasteiger partial charge on any atom is -0.463 e. The van der Waals surface area contributed by atoms with E-state index in [1.807, 2.05) is 13.8 Å². The molecule has 1 aliphatic rings. The van der Waals surface area contributed by atoms with E-state index in [1.165, 1.54) is 0 Å². The highest BCUT2D eigenvalue weighted by Crippen LogP contribution is 2.30. The number of hydrogen-bond donors (Lipinski definition) is 3. The van der Waals surface area contributed by atoms with Crippen molar-refractivity contribution < 1.29 is 18.8 Å². The molecule has 2 unspecified atom stereocenters. The number of nitrogens with zero attached hydrogens (tertiary/aromatic N) is 2. The minimum absolute atomic E-state index is 0. The zero-order chi connectivity index (χ0) is 19.0. The van der Waals surface area contributed by atoms with Crippen LogP contribution in [0.3, 0.4) is 0 Å². The third-order valence-electron chi connectivity index (χ3n) is 4.87. The van der Waals surface area contributed by atoms with Crippen LogP contribution in [0.15, 0.2) is 33.4 Å². The molecule has 8 nitrogen and oxygen atoms in total. The molecule has 2 atom stereocenters. The summed E-state index contributed by atoms with van der Waals surface area (Å²) in [6.45, 7) is 5.58. The summed E-state index contributed by atoms with van der Waals surface area (Å²) in [7, 11) is 0. The third-order valence-corrected chi connectivity index (χ3v) is 4.87. The number of furan rings is 1. The average molecular weight is 407 g/mol. The number of amides is 1. The number of aliphatic hydroxyl groups excluding tert-OH is 1. The Kier molecular flexibility index (Phi) is 6.02. The fourth-order valence-electron chi connectivity index (χ4n) is 3.34. The van der Waals surface area contributed by atoms with Crippen molar-refractivity contribution in [2.24, 2.45) is 5.92 Å². The number of rotatable bonds is 5. The van der Waals surface area contributed by atoms with Crippen molar-refractivity contribution >= 4 is 29.4 Å². The minimum atomic E-state index is -0.455. The summed E-state index contributed by atoms with van der Waals surface area (Å²) in [5.74, 6) is 0.362. The third kappa shape index (κ3) is 3.76. The Labute approximate surface area is 168 Å². The molecular formula is C19H23ClN4O4.